The largest absolute Gasteiger partial charge is 0.490 e. The van der Waals surface area contributed by atoms with Gasteiger partial charge in [-0.05, 0) is 62.1 Å². The van der Waals surface area contributed by atoms with Gasteiger partial charge < -0.3 is 24.6 Å². The van der Waals surface area contributed by atoms with Crippen molar-refractivity contribution in [2.24, 2.45) is 0 Å². The molecule has 5 nitrogen and oxygen atoms in total. The van der Waals surface area contributed by atoms with Crippen LogP contribution in [0.1, 0.15) is 60.6 Å². The van der Waals surface area contributed by atoms with E-state index in [0.717, 1.165) is 60.5 Å². The molecule has 2 aromatic rings. The maximum atomic E-state index is 10.8. The van der Waals surface area contributed by atoms with Crippen molar-refractivity contribution in [2.75, 3.05) is 19.6 Å². The Morgan fingerprint density at radius 1 is 1.13 bits per heavy atom. The summed E-state index contributed by atoms with van der Waals surface area (Å²) >= 11 is 0. The first-order chi connectivity index (χ1) is 14.4. The molecule has 2 N–H and O–H groups in total. The second-order valence-electron chi connectivity index (χ2n) is 9.36. The van der Waals surface area contributed by atoms with Crippen molar-refractivity contribution < 1.29 is 19.7 Å². The third kappa shape index (κ3) is 3.70. The molecule has 0 aliphatic carbocycles. The van der Waals surface area contributed by atoms with Crippen LogP contribution in [0.5, 0.6) is 11.5 Å². The van der Waals surface area contributed by atoms with Crippen LogP contribution in [-0.4, -0.2) is 46.5 Å². The van der Waals surface area contributed by atoms with Crippen molar-refractivity contribution in [1.29, 1.82) is 0 Å². The van der Waals surface area contributed by atoms with Gasteiger partial charge in [0, 0.05) is 38.0 Å². The molecule has 0 amide bonds. The molecule has 2 aromatic carbocycles. The first kappa shape index (κ1) is 19.9. The molecular weight excluding hydrogens is 378 g/mol. The van der Waals surface area contributed by atoms with Gasteiger partial charge in [0.05, 0.1) is 12.2 Å². The van der Waals surface area contributed by atoms with E-state index in [4.69, 9.17) is 9.47 Å². The monoisotopic (exact) mass is 409 g/mol. The lowest BCUT2D eigenvalue weighted by Gasteiger charge is -2.46. The molecular formula is C25H31NO4. The summed E-state index contributed by atoms with van der Waals surface area (Å²) < 4.78 is 12.2. The number of aliphatic hydroxyl groups excluding tert-OH is 2. The summed E-state index contributed by atoms with van der Waals surface area (Å²) in [6, 6.07) is 12.1. The zero-order valence-electron chi connectivity index (χ0n) is 17.8. The van der Waals surface area contributed by atoms with E-state index in [1.807, 2.05) is 37.3 Å². The third-order valence-electron chi connectivity index (χ3n) is 6.92. The van der Waals surface area contributed by atoms with Crippen LogP contribution in [0.25, 0.3) is 0 Å². The Morgan fingerprint density at radius 2 is 1.90 bits per heavy atom. The zero-order chi connectivity index (χ0) is 20.9. The van der Waals surface area contributed by atoms with Crippen LogP contribution in [0.2, 0.25) is 0 Å². The summed E-state index contributed by atoms with van der Waals surface area (Å²) in [5.41, 5.74) is 3.90. The Bertz CT molecular complexity index is 935. The van der Waals surface area contributed by atoms with Crippen molar-refractivity contribution in [3.8, 4) is 11.5 Å². The van der Waals surface area contributed by atoms with Gasteiger partial charge >= 0.3 is 0 Å². The number of piperidine rings is 1. The Morgan fingerprint density at radius 3 is 2.70 bits per heavy atom. The lowest BCUT2D eigenvalue weighted by molar-refractivity contribution is -0.0588. The zero-order valence-corrected chi connectivity index (χ0v) is 17.8. The van der Waals surface area contributed by atoms with Crippen molar-refractivity contribution >= 4 is 0 Å². The quantitative estimate of drug-likeness (QED) is 0.809. The highest BCUT2D eigenvalue weighted by atomic mass is 16.5. The minimum absolute atomic E-state index is 0.213. The van der Waals surface area contributed by atoms with E-state index in [0.29, 0.717) is 13.0 Å². The van der Waals surface area contributed by atoms with Crippen LogP contribution in [-0.2, 0) is 6.42 Å². The van der Waals surface area contributed by atoms with Gasteiger partial charge in [-0.3, -0.25) is 0 Å². The van der Waals surface area contributed by atoms with Crippen molar-refractivity contribution in [2.45, 2.75) is 63.4 Å². The van der Waals surface area contributed by atoms with Gasteiger partial charge in [0.2, 0.25) is 0 Å². The number of ether oxygens (including phenoxy) is 2. The SMILES string of the molecule is Cc1ccc2c(c1)C(O)CC1(CCN(CC(O)c3ccc4c(c3)CC(C)O4)CC1)O2. The third-order valence-corrected chi connectivity index (χ3v) is 6.92. The maximum Gasteiger partial charge on any atom is 0.125 e. The van der Waals surface area contributed by atoms with Crippen LogP contribution < -0.4 is 9.47 Å². The number of nitrogens with zero attached hydrogens (tertiary/aromatic N) is 1. The van der Waals surface area contributed by atoms with Gasteiger partial charge in [0.15, 0.2) is 0 Å². The van der Waals surface area contributed by atoms with Crippen molar-refractivity contribution in [3.05, 3.63) is 58.7 Å². The maximum absolute atomic E-state index is 10.8. The Balaban J connectivity index is 1.21. The minimum atomic E-state index is -0.512. The number of fused-ring (bicyclic) bond motifs is 2. The average molecular weight is 410 g/mol. The fourth-order valence-electron chi connectivity index (χ4n) is 5.21. The second-order valence-corrected chi connectivity index (χ2v) is 9.36. The van der Waals surface area contributed by atoms with Gasteiger partial charge in [-0.25, -0.2) is 0 Å². The van der Waals surface area contributed by atoms with E-state index < -0.39 is 12.2 Å². The molecule has 3 aliphatic heterocycles. The molecule has 160 valence electrons. The highest BCUT2D eigenvalue weighted by Crippen LogP contribution is 2.44. The predicted molar refractivity (Wildman–Crippen MR) is 115 cm³/mol. The molecule has 0 aromatic heterocycles. The summed E-state index contributed by atoms with van der Waals surface area (Å²) in [4.78, 5) is 2.31. The second kappa shape index (κ2) is 7.56. The van der Waals surface area contributed by atoms with Gasteiger partial charge in [0.25, 0.3) is 0 Å². The molecule has 30 heavy (non-hydrogen) atoms. The van der Waals surface area contributed by atoms with E-state index in [1.54, 1.807) is 0 Å². The van der Waals surface area contributed by atoms with Crippen molar-refractivity contribution in [3.63, 3.8) is 0 Å². The molecule has 3 atom stereocenters. The lowest BCUT2D eigenvalue weighted by atomic mass is 9.81. The van der Waals surface area contributed by atoms with Gasteiger partial charge in [-0.15, -0.1) is 0 Å². The fraction of sp³-hybridized carbons (Fsp3) is 0.520. The molecule has 0 radical (unpaired) electrons. The Hall–Kier alpha value is -2.08. The Kier molecular flexibility index (Phi) is 5.00. The van der Waals surface area contributed by atoms with Gasteiger partial charge in [-0.2, -0.15) is 0 Å². The first-order valence-corrected chi connectivity index (χ1v) is 11.1. The van der Waals surface area contributed by atoms with Crippen LogP contribution in [0, 0.1) is 6.92 Å². The number of hydrogen-bond donors (Lipinski definition) is 2. The normalized spacial score (nSPS) is 25.9. The average Bonchev–Trinajstić information content (AvgIpc) is 3.10. The highest BCUT2D eigenvalue weighted by Gasteiger charge is 2.43. The first-order valence-electron chi connectivity index (χ1n) is 11.1. The molecule has 0 saturated carbocycles. The number of aryl methyl sites for hydroxylation is 1. The number of likely N-dealkylation sites (tertiary alicyclic amines) is 1. The summed E-state index contributed by atoms with van der Waals surface area (Å²) in [6.45, 7) is 6.44. The number of rotatable bonds is 3. The topological polar surface area (TPSA) is 62.2 Å². The van der Waals surface area contributed by atoms with E-state index >= 15 is 0 Å². The van der Waals surface area contributed by atoms with E-state index in [1.165, 1.54) is 5.56 Å². The predicted octanol–water partition coefficient (Wildman–Crippen LogP) is 3.70. The van der Waals surface area contributed by atoms with E-state index in [2.05, 4.69) is 17.9 Å². The molecule has 3 aliphatic rings. The number of β-amino-alcohol motifs (C(OH)–C–C–N with tert-alkyl or cyclic N) is 1. The lowest BCUT2D eigenvalue weighted by Crippen LogP contribution is -2.51. The van der Waals surface area contributed by atoms with Crippen LogP contribution >= 0.6 is 0 Å². The molecule has 5 rings (SSSR count). The summed E-state index contributed by atoms with van der Waals surface area (Å²) in [6.07, 6.45) is 2.50. The summed E-state index contributed by atoms with van der Waals surface area (Å²) in [5.74, 6) is 1.77. The highest BCUT2D eigenvalue weighted by molar-refractivity contribution is 5.42. The number of aliphatic hydroxyl groups is 2. The molecule has 1 saturated heterocycles. The smallest absolute Gasteiger partial charge is 0.125 e. The molecule has 5 heteroatoms. The van der Waals surface area contributed by atoms with E-state index in [-0.39, 0.29) is 11.7 Å². The molecule has 0 bridgehead atoms. The fourth-order valence-corrected chi connectivity index (χ4v) is 5.21. The number of benzene rings is 2. The molecule has 3 unspecified atom stereocenters. The van der Waals surface area contributed by atoms with E-state index in [9.17, 15) is 10.2 Å². The minimum Gasteiger partial charge on any atom is -0.490 e. The number of hydrogen-bond acceptors (Lipinski definition) is 5. The van der Waals surface area contributed by atoms with Gasteiger partial charge in [-0.1, -0.05) is 17.7 Å². The van der Waals surface area contributed by atoms with Crippen molar-refractivity contribution in [1.82, 2.24) is 4.90 Å². The summed E-state index contributed by atoms with van der Waals surface area (Å²) in [5, 5.41) is 21.5. The van der Waals surface area contributed by atoms with Gasteiger partial charge in [0.1, 0.15) is 23.2 Å². The standard InChI is InChI=1S/C25H31NO4/c1-16-3-5-24-20(11-16)21(27)14-25(30-24)7-9-26(10-8-25)15-22(28)18-4-6-23-19(13-18)12-17(2)29-23/h3-6,11,13,17,21-22,27-28H,7-10,12,14-15H2,1-2H3. The molecule has 3 heterocycles. The van der Waals surface area contributed by atoms with Crippen LogP contribution in [0.15, 0.2) is 36.4 Å². The molecule has 1 spiro atoms. The van der Waals surface area contributed by atoms with Crippen LogP contribution in [0.3, 0.4) is 0 Å². The summed E-state index contributed by atoms with van der Waals surface area (Å²) in [7, 11) is 0. The molecule has 1 fully saturated rings. The Labute approximate surface area is 178 Å². The van der Waals surface area contributed by atoms with Crippen LogP contribution in [0.4, 0.5) is 0 Å².